The summed E-state index contributed by atoms with van der Waals surface area (Å²) in [5.74, 6) is 1.37. The predicted octanol–water partition coefficient (Wildman–Crippen LogP) is 2.94. The van der Waals surface area contributed by atoms with Gasteiger partial charge in [0, 0.05) is 23.5 Å². The molecule has 20 heavy (non-hydrogen) atoms. The maximum absolute atomic E-state index is 4.88. The van der Waals surface area contributed by atoms with Crippen LogP contribution in [0.5, 0.6) is 0 Å². The average molecular weight is 288 g/mol. The SMILES string of the molecule is CCNCC1CCCc2sc(-c3ccnc(C)n3)nc21. The third kappa shape index (κ3) is 2.74. The average Bonchev–Trinajstić information content (AvgIpc) is 2.89. The number of likely N-dealkylation sites (N-methyl/N-ethyl adjacent to an activating group) is 1. The zero-order valence-corrected chi connectivity index (χ0v) is 12.8. The number of nitrogens with one attached hydrogen (secondary N) is 1. The van der Waals surface area contributed by atoms with Crippen LogP contribution in [0.3, 0.4) is 0 Å². The van der Waals surface area contributed by atoms with Crippen molar-refractivity contribution in [3.63, 3.8) is 0 Å². The van der Waals surface area contributed by atoms with Gasteiger partial charge >= 0.3 is 0 Å². The molecule has 106 valence electrons. The van der Waals surface area contributed by atoms with Crippen LogP contribution in [-0.4, -0.2) is 28.0 Å². The molecule has 1 N–H and O–H groups in total. The van der Waals surface area contributed by atoms with Crippen LogP contribution in [0.25, 0.3) is 10.7 Å². The van der Waals surface area contributed by atoms with Gasteiger partial charge < -0.3 is 5.32 Å². The molecule has 0 amide bonds. The van der Waals surface area contributed by atoms with Crippen LogP contribution in [0.4, 0.5) is 0 Å². The van der Waals surface area contributed by atoms with E-state index in [1.807, 2.05) is 19.2 Å². The highest BCUT2D eigenvalue weighted by molar-refractivity contribution is 7.15. The fourth-order valence-electron chi connectivity index (χ4n) is 2.71. The van der Waals surface area contributed by atoms with Gasteiger partial charge in [-0.3, -0.25) is 0 Å². The summed E-state index contributed by atoms with van der Waals surface area (Å²) in [6, 6.07) is 1.95. The van der Waals surface area contributed by atoms with Crippen LogP contribution in [-0.2, 0) is 6.42 Å². The molecule has 0 fully saturated rings. The van der Waals surface area contributed by atoms with E-state index < -0.39 is 0 Å². The second kappa shape index (κ2) is 5.97. The molecule has 0 aromatic carbocycles. The lowest BCUT2D eigenvalue weighted by atomic mass is 9.91. The summed E-state index contributed by atoms with van der Waals surface area (Å²) in [6.07, 6.45) is 5.49. The summed E-state index contributed by atoms with van der Waals surface area (Å²) in [5.41, 5.74) is 2.26. The lowest BCUT2D eigenvalue weighted by Gasteiger charge is -2.21. The van der Waals surface area contributed by atoms with E-state index in [9.17, 15) is 0 Å². The first-order valence-corrected chi connectivity index (χ1v) is 8.10. The molecule has 2 aromatic heterocycles. The summed E-state index contributed by atoms with van der Waals surface area (Å²) in [7, 11) is 0. The molecule has 0 aliphatic heterocycles. The smallest absolute Gasteiger partial charge is 0.142 e. The maximum atomic E-state index is 4.88. The minimum Gasteiger partial charge on any atom is -0.316 e. The summed E-state index contributed by atoms with van der Waals surface area (Å²) in [6.45, 7) is 6.13. The van der Waals surface area contributed by atoms with Crippen molar-refractivity contribution in [1.29, 1.82) is 0 Å². The first-order chi connectivity index (χ1) is 9.78. The number of hydrogen-bond donors (Lipinski definition) is 1. The largest absolute Gasteiger partial charge is 0.316 e. The second-order valence-electron chi connectivity index (χ2n) is 5.21. The number of fused-ring (bicyclic) bond motifs is 1. The minimum atomic E-state index is 0.562. The topological polar surface area (TPSA) is 50.7 Å². The Bertz CT molecular complexity index is 593. The quantitative estimate of drug-likeness (QED) is 0.940. The Hall–Kier alpha value is -1.33. The van der Waals surface area contributed by atoms with Gasteiger partial charge in [-0.2, -0.15) is 0 Å². The molecule has 3 rings (SSSR count). The van der Waals surface area contributed by atoms with Gasteiger partial charge in [0.15, 0.2) is 0 Å². The molecule has 1 aliphatic rings. The number of rotatable bonds is 4. The Balaban J connectivity index is 1.91. The second-order valence-corrected chi connectivity index (χ2v) is 6.30. The molecular weight excluding hydrogens is 268 g/mol. The molecule has 0 radical (unpaired) electrons. The lowest BCUT2D eigenvalue weighted by molar-refractivity contribution is 0.509. The molecule has 1 unspecified atom stereocenters. The van der Waals surface area contributed by atoms with Gasteiger partial charge in [-0.15, -0.1) is 11.3 Å². The Kier molecular flexibility index (Phi) is 4.08. The van der Waals surface area contributed by atoms with E-state index in [1.165, 1.54) is 29.8 Å². The molecule has 0 spiro atoms. The highest BCUT2D eigenvalue weighted by Crippen LogP contribution is 2.37. The van der Waals surface area contributed by atoms with Crippen molar-refractivity contribution in [3.8, 4) is 10.7 Å². The van der Waals surface area contributed by atoms with Crippen LogP contribution < -0.4 is 5.32 Å². The van der Waals surface area contributed by atoms with Crippen LogP contribution >= 0.6 is 11.3 Å². The van der Waals surface area contributed by atoms with Crippen molar-refractivity contribution >= 4 is 11.3 Å². The Morgan fingerprint density at radius 2 is 2.30 bits per heavy atom. The molecule has 0 bridgehead atoms. The molecule has 4 nitrogen and oxygen atoms in total. The molecule has 2 heterocycles. The Morgan fingerprint density at radius 1 is 1.40 bits per heavy atom. The van der Waals surface area contributed by atoms with Gasteiger partial charge in [-0.1, -0.05) is 6.92 Å². The number of aryl methyl sites for hydroxylation is 2. The first-order valence-electron chi connectivity index (χ1n) is 7.28. The van der Waals surface area contributed by atoms with E-state index in [1.54, 1.807) is 11.3 Å². The number of thiazole rings is 1. The molecule has 1 atom stereocenters. The predicted molar refractivity (Wildman–Crippen MR) is 82.1 cm³/mol. The molecule has 1 aliphatic carbocycles. The number of nitrogens with zero attached hydrogens (tertiary/aromatic N) is 3. The third-order valence-electron chi connectivity index (χ3n) is 3.71. The van der Waals surface area contributed by atoms with E-state index in [0.717, 1.165) is 29.6 Å². The van der Waals surface area contributed by atoms with Crippen LogP contribution in [0, 0.1) is 6.92 Å². The summed E-state index contributed by atoms with van der Waals surface area (Å²) in [5, 5.41) is 4.50. The van der Waals surface area contributed by atoms with Crippen molar-refractivity contribution in [3.05, 3.63) is 28.7 Å². The van der Waals surface area contributed by atoms with Gasteiger partial charge in [-0.25, -0.2) is 15.0 Å². The zero-order chi connectivity index (χ0) is 13.9. The standard InChI is InChI=1S/C15H20N4S/c1-3-16-9-11-5-4-6-13-14(11)19-15(20-13)12-7-8-17-10(2)18-12/h7-8,11,16H,3-6,9H2,1-2H3. The first kappa shape index (κ1) is 13.6. The summed E-state index contributed by atoms with van der Waals surface area (Å²) in [4.78, 5) is 15.0. The Labute approximate surface area is 123 Å². The van der Waals surface area contributed by atoms with Crippen molar-refractivity contribution in [1.82, 2.24) is 20.3 Å². The minimum absolute atomic E-state index is 0.562. The highest BCUT2D eigenvalue weighted by atomic mass is 32.1. The van der Waals surface area contributed by atoms with Gasteiger partial charge in [0.1, 0.15) is 16.5 Å². The summed E-state index contributed by atoms with van der Waals surface area (Å²) >= 11 is 1.81. The summed E-state index contributed by atoms with van der Waals surface area (Å²) < 4.78 is 0. The van der Waals surface area contributed by atoms with E-state index >= 15 is 0 Å². The molecule has 0 saturated carbocycles. The normalized spacial score (nSPS) is 18.0. The highest BCUT2D eigenvalue weighted by Gasteiger charge is 2.25. The van der Waals surface area contributed by atoms with Gasteiger partial charge in [0.25, 0.3) is 0 Å². The Morgan fingerprint density at radius 3 is 3.10 bits per heavy atom. The van der Waals surface area contributed by atoms with Crippen LogP contribution in [0.2, 0.25) is 0 Å². The molecular formula is C15H20N4S. The van der Waals surface area contributed by atoms with Crippen LogP contribution in [0.1, 0.15) is 42.1 Å². The zero-order valence-electron chi connectivity index (χ0n) is 12.0. The van der Waals surface area contributed by atoms with Crippen molar-refractivity contribution in [2.45, 2.75) is 39.0 Å². The van der Waals surface area contributed by atoms with Gasteiger partial charge in [-0.05, 0) is 38.8 Å². The van der Waals surface area contributed by atoms with Crippen LogP contribution in [0.15, 0.2) is 12.3 Å². The number of hydrogen-bond acceptors (Lipinski definition) is 5. The van der Waals surface area contributed by atoms with Gasteiger partial charge in [0.2, 0.25) is 0 Å². The molecule has 5 heteroatoms. The van der Waals surface area contributed by atoms with Crippen molar-refractivity contribution in [2.75, 3.05) is 13.1 Å². The van der Waals surface area contributed by atoms with Crippen molar-refractivity contribution < 1.29 is 0 Å². The van der Waals surface area contributed by atoms with E-state index in [2.05, 4.69) is 22.2 Å². The lowest BCUT2D eigenvalue weighted by Crippen LogP contribution is -2.23. The van der Waals surface area contributed by atoms with E-state index in [4.69, 9.17) is 4.98 Å². The van der Waals surface area contributed by atoms with E-state index in [-0.39, 0.29) is 0 Å². The monoisotopic (exact) mass is 288 g/mol. The maximum Gasteiger partial charge on any atom is 0.142 e. The fraction of sp³-hybridized carbons (Fsp3) is 0.533. The van der Waals surface area contributed by atoms with E-state index in [0.29, 0.717) is 5.92 Å². The molecule has 2 aromatic rings. The number of aromatic nitrogens is 3. The van der Waals surface area contributed by atoms with Crippen molar-refractivity contribution in [2.24, 2.45) is 0 Å². The van der Waals surface area contributed by atoms with Gasteiger partial charge in [0.05, 0.1) is 5.69 Å². The molecule has 0 saturated heterocycles. The third-order valence-corrected chi connectivity index (χ3v) is 4.86. The fourth-order valence-corrected chi connectivity index (χ4v) is 3.87.